The van der Waals surface area contributed by atoms with Gasteiger partial charge in [0.25, 0.3) is 0 Å². The first-order valence-corrected chi connectivity index (χ1v) is 6.65. The van der Waals surface area contributed by atoms with Crippen LogP contribution in [0.15, 0.2) is 30.5 Å². The summed E-state index contributed by atoms with van der Waals surface area (Å²) in [7, 11) is 0. The van der Waals surface area contributed by atoms with E-state index >= 15 is 0 Å². The summed E-state index contributed by atoms with van der Waals surface area (Å²) in [5.74, 6) is -0.779. The van der Waals surface area contributed by atoms with E-state index in [9.17, 15) is 4.79 Å². The molecule has 0 saturated heterocycles. The lowest BCUT2D eigenvalue weighted by Gasteiger charge is -2.18. The molecule has 0 saturated carbocycles. The number of aliphatic carboxylic acids is 1. The number of carboxylic acids is 1. The van der Waals surface area contributed by atoms with Gasteiger partial charge in [0.1, 0.15) is 0 Å². The molecule has 1 N–H and O–H groups in total. The van der Waals surface area contributed by atoms with Crippen molar-refractivity contribution in [3.63, 3.8) is 0 Å². The van der Waals surface area contributed by atoms with E-state index in [0.29, 0.717) is 0 Å². The first-order chi connectivity index (χ1) is 8.87. The largest absolute Gasteiger partial charge is 0.481 e. The van der Waals surface area contributed by atoms with Crippen molar-refractivity contribution < 1.29 is 9.90 Å². The molecule has 1 heterocycles. The molecule has 1 aromatic heterocycles. The third kappa shape index (κ3) is 3.37. The fraction of sp³-hybridized carbons (Fsp3) is 0.438. The molecule has 0 unspecified atom stereocenters. The van der Waals surface area contributed by atoms with Crippen LogP contribution in [0.4, 0.5) is 0 Å². The van der Waals surface area contributed by atoms with E-state index in [4.69, 9.17) is 5.11 Å². The lowest BCUT2D eigenvalue weighted by molar-refractivity contribution is -0.136. The topological polar surface area (TPSA) is 42.2 Å². The second-order valence-corrected chi connectivity index (χ2v) is 6.25. The third-order valence-corrected chi connectivity index (χ3v) is 3.32. The maximum Gasteiger partial charge on any atom is 0.307 e. The first kappa shape index (κ1) is 13.7. The second kappa shape index (κ2) is 5.08. The Morgan fingerprint density at radius 1 is 1.26 bits per heavy atom. The zero-order valence-electron chi connectivity index (χ0n) is 11.8. The number of rotatable bonds is 4. The van der Waals surface area contributed by atoms with Gasteiger partial charge in [0, 0.05) is 23.6 Å². The number of aryl methyl sites for hydroxylation is 1. The van der Waals surface area contributed by atoms with Gasteiger partial charge in [-0.2, -0.15) is 0 Å². The van der Waals surface area contributed by atoms with Crippen LogP contribution in [-0.4, -0.2) is 15.6 Å². The van der Waals surface area contributed by atoms with E-state index < -0.39 is 5.97 Å². The normalized spacial score (nSPS) is 11.9. The maximum absolute atomic E-state index is 10.9. The Morgan fingerprint density at radius 2 is 1.95 bits per heavy atom. The number of hydrogen-bond donors (Lipinski definition) is 1. The van der Waals surface area contributed by atoms with Gasteiger partial charge in [-0.05, 0) is 23.5 Å². The van der Waals surface area contributed by atoms with Crippen molar-refractivity contribution >= 4 is 16.9 Å². The lowest BCUT2D eigenvalue weighted by Crippen LogP contribution is -2.09. The Morgan fingerprint density at radius 3 is 2.58 bits per heavy atom. The molecule has 1 aromatic carbocycles. The number of nitrogens with zero attached hydrogens (tertiary/aromatic N) is 1. The van der Waals surface area contributed by atoms with Crippen LogP contribution in [0.5, 0.6) is 0 Å². The van der Waals surface area contributed by atoms with Crippen LogP contribution in [0.25, 0.3) is 10.9 Å². The zero-order chi connectivity index (χ0) is 14.0. The van der Waals surface area contributed by atoms with E-state index in [0.717, 1.165) is 29.4 Å². The molecular formula is C16H21NO2. The Kier molecular flexibility index (Phi) is 3.65. The Labute approximate surface area is 113 Å². The number of benzene rings is 1. The van der Waals surface area contributed by atoms with Crippen molar-refractivity contribution in [2.75, 3.05) is 0 Å². The highest BCUT2D eigenvalue weighted by Crippen LogP contribution is 2.25. The SMILES string of the molecule is CC(C)(C)CCn1cc(CC(=O)O)c2ccccc21. The number of carbonyl (C=O) groups is 1. The molecule has 0 radical (unpaired) electrons. The van der Waals surface area contributed by atoms with Gasteiger partial charge in [0.2, 0.25) is 0 Å². The van der Waals surface area contributed by atoms with Crippen LogP contribution in [0.3, 0.4) is 0 Å². The van der Waals surface area contributed by atoms with E-state index in [-0.39, 0.29) is 11.8 Å². The predicted octanol–water partition coefficient (Wildman–Crippen LogP) is 3.70. The summed E-state index contributed by atoms with van der Waals surface area (Å²) in [6, 6.07) is 8.02. The molecule has 2 rings (SSSR count). The zero-order valence-corrected chi connectivity index (χ0v) is 11.8. The predicted molar refractivity (Wildman–Crippen MR) is 77.3 cm³/mol. The quantitative estimate of drug-likeness (QED) is 0.909. The van der Waals surface area contributed by atoms with Crippen LogP contribution in [-0.2, 0) is 17.8 Å². The van der Waals surface area contributed by atoms with E-state index in [1.165, 1.54) is 0 Å². The lowest BCUT2D eigenvalue weighted by atomic mass is 9.92. The van der Waals surface area contributed by atoms with E-state index in [1.54, 1.807) is 0 Å². The number of fused-ring (bicyclic) bond motifs is 1. The van der Waals surface area contributed by atoms with Crippen molar-refractivity contribution in [3.05, 3.63) is 36.0 Å². The molecule has 0 fully saturated rings. The summed E-state index contributed by atoms with van der Waals surface area (Å²) in [6.07, 6.45) is 3.14. The smallest absolute Gasteiger partial charge is 0.307 e. The van der Waals surface area contributed by atoms with E-state index in [2.05, 4.69) is 31.4 Å². The van der Waals surface area contributed by atoms with E-state index in [1.807, 2.05) is 24.4 Å². The molecule has 0 spiro atoms. The van der Waals surface area contributed by atoms with Gasteiger partial charge in [0.05, 0.1) is 6.42 Å². The average Bonchev–Trinajstić information content (AvgIpc) is 2.64. The molecule has 102 valence electrons. The molecule has 0 aliphatic carbocycles. The van der Waals surface area contributed by atoms with Crippen LogP contribution in [0.2, 0.25) is 0 Å². The summed E-state index contributed by atoms with van der Waals surface area (Å²) in [5, 5.41) is 10.0. The second-order valence-electron chi connectivity index (χ2n) is 6.25. The van der Waals surface area contributed by atoms with Gasteiger partial charge in [-0.25, -0.2) is 0 Å². The molecule has 0 aliphatic rings. The van der Waals surface area contributed by atoms with Crippen molar-refractivity contribution in [2.45, 2.75) is 40.2 Å². The summed E-state index contributed by atoms with van der Waals surface area (Å²) in [5.41, 5.74) is 2.30. The molecule has 0 amide bonds. The minimum absolute atomic E-state index is 0.0863. The summed E-state index contributed by atoms with van der Waals surface area (Å²) in [6.45, 7) is 7.58. The van der Waals surface area contributed by atoms with Gasteiger partial charge in [-0.15, -0.1) is 0 Å². The number of para-hydroxylation sites is 1. The molecule has 19 heavy (non-hydrogen) atoms. The number of carboxylic acid groups (broad SMARTS) is 1. The highest BCUT2D eigenvalue weighted by atomic mass is 16.4. The van der Waals surface area contributed by atoms with Gasteiger partial charge in [-0.3, -0.25) is 4.79 Å². The first-order valence-electron chi connectivity index (χ1n) is 6.65. The Balaban J connectivity index is 2.36. The minimum atomic E-state index is -0.779. The number of hydrogen-bond acceptors (Lipinski definition) is 1. The number of aromatic nitrogens is 1. The van der Waals surface area contributed by atoms with Crippen LogP contribution < -0.4 is 0 Å². The highest BCUT2D eigenvalue weighted by Gasteiger charge is 2.14. The summed E-state index contributed by atoms with van der Waals surface area (Å²) >= 11 is 0. The van der Waals surface area contributed by atoms with Gasteiger partial charge in [-0.1, -0.05) is 39.0 Å². The molecule has 3 nitrogen and oxygen atoms in total. The van der Waals surface area contributed by atoms with Crippen molar-refractivity contribution in [1.29, 1.82) is 0 Å². The highest BCUT2D eigenvalue weighted by molar-refractivity contribution is 5.87. The fourth-order valence-corrected chi connectivity index (χ4v) is 2.27. The van der Waals surface area contributed by atoms with Crippen LogP contribution in [0, 0.1) is 5.41 Å². The molecule has 0 atom stereocenters. The summed E-state index contributed by atoms with van der Waals surface area (Å²) < 4.78 is 2.18. The molecule has 3 heteroatoms. The summed E-state index contributed by atoms with van der Waals surface area (Å²) in [4.78, 5) is 10.9. The maximum atomic E-state index is 10.9. The molecule has 0 aliphatic heterocycles. The van der Waals surface area contributed by atoms with Crippen molar-refractivity contribution in [2.24, 2.45) is 5.41 Å². The van der Waals surface area contributed by atoms with Crippen LogP contribution in [0.1, 0.15) is 32.8 Å². The minimum Gasteiger partial charge on any atom is -0.481 e. The van der Waals surface area contributed by atoms with Gasteiger partial charge >= 0.3 is 5.97 Å². The van der Waals surface area contributed by atoms with Gasteiger partial charge < -0.3 is 9.67 Å². The fourth-order valence-electron chi connectivity index (χ4n) is 2.27. The monoisotopic (exact) mass is 259 g/mol. The Bertz CT molecular complexity index is 590. The Hall–Kier alpha value is -1.77. The van der Waals surface area contributed by atoms with Crippen molar-refractivity contribution in [3.8, 4) is 0 Å². The average molecular weight is 259 g/mol. The molecular weight excluding hydrogens is 238 g/mol. The molecule has 2 aromatic rings. The third-order valence-electron chi connectivity index (χ3n) is 3.32. The molecule has 0 bridgehead atoms. The van der Waals surface area contributed by atoms with Gasteiger partial charge in [0.15, 0.2) is 0 Å². The van der Waals surface area contributed by atoms with Crippen molar-refractivity contribution in [1.82, 2.24) is 4.57 Å². The standard InChI is InChI=1S/C16H21NO2/c1-16(2,3)8-9-17-11-12(10-15(18)19)13-6-4-5-7-14(13)17/h4-7,11H,8-10H2,1-3H3,(H,18,19). The van der Waals surface area contributed by atoms with Crippen LogP contribution >= 0.6 is 0 Å².